The lowest BCUT2D eigenvalue weighted by atomic mass is 10.1. The maximum Gasteiger partial charge on any atom is 0.120 e. The molecule has 1 aromatic heterocycles. The Balaban J connectivity index is 1.59. The van der Waals surface area contributed by atoms with Gasteiger partial charge in [0.05, 0.1) is 13.1 Å². The summed E-state index contributed by atoms with van der Waals surface area (Å²) in [6.45, 7) is 11.8. The van der Waals surface area contributed by atoms with Gasteiger partial charge in [0, 0.05) is 18.1 Å². The van der Waals surface area contributed by atoms with E-state index in [-0.39, 0.29) is 5.54 Å². The third-order valence-electron chi connectivity index (χ3n) is 4.46. The number of nitrogens with one attached hydrogen (secondary N) is 1. The zero-order valence-corrected chi connectivity index (χ0v) is 14.0. The molecule has 3 heteroatoms. The molecule has 0 saturated heterocycles. The highest BCUT2D eigenvalue weighted by atomic mass is 16.3. The first-order valence-corrected chi connectivity index (χ1v) is 8.48. The van der Waals surface area contributed by atoms with Gasteiger partial charge in [0.1, 0.15) is 11.5 Å². The number of rotatable bonds is 7. The van der Waals surface area contributed by atoms with E-state index in [9.17, 15) is 0 Å². The molecule has 0 spiro atoms. The van der Waals surface area contributed by atoms with Crippen LogP contribution in [0.1, 0.15) is 63.5 Å². The average molecular weight is 290 g/mol. The Morgan fingerprint density at radius 1 is 1.24 bits per heavy atom. The quantitative estimate of drug-likeness (QED) is 0.827. The van der Waals surface area contributed by atoms with Crippen molar-refractivity contribution >= 4 is 0 Å². The lowest BCUT2D eigenvalue weighted by Gasteiger charge is -2.21. The molecule has 3 nitrogen and oxygen atoms in total. The van der Waals surface area contributed by atoms with Gasteiger partial charge in [-0.3, -0.25) is 4.90 Å². The third-order valence-corrected chi connectivity index (χ3v) is 4.46. The summed E-state index contributed by atoms with van der Waals surface area (Å²) in [6, 6.07) is 3.06. The molecule has 0 aliphatic heterocycles. The van der Waals surface area contributed by atoms with E-state index in [2.05, 4.69) is 44.0 Å². The number of furan rings is 1. The molecule has 2 fully saturated rings. The topological polar surface area (TPSA) is 28.4 Å². The first-order chi connectivity index (χ1) is 9.90. The zero-order valence-electron chi connectivity index (χ0n) is 14.0. The molecule has 0 unspecified atom stereocenters. The van der Waals surface area contributed by atoms with Crippen molar-refractivity contribution in [2.45, 2.75) is 78.0 Å². The second kappa shape index (κ2) is 5.77. The summed E-state index contributed by atoms with van der Waals surface area (Å²) < 4.78 is 6.12. The normalized spacial score (nSPS) is 19.5. The molecule has 3 rings (SSSR count). The van der Waals surface area contributed by atoms with Gasteiger partial charge >= 0.3 is 0 Å². The van der Waals surface area contributed by atoms with Gasteiger partial charge in [-0.1, -0.05) is 0 Å². The fraction of sp³-hybridized carbons (Fsp3) is 0.778. The SMILES string of the molecule is Cc1cc(CN(CC2CC2)C2CC2)oc1CNC(C)(C)C. The van der Waals surface area contributed by atoms with Gasteiger partial charge in [-0.25, -0.2) is 0 Å². The lowest BCUT2D eigenvalue weighted by Crippen LogP contribution is -2.35. The molecular weight excluding hydrogens is 260 g/mol. The standard InChI is InChI=1S/C18H30N2O/c1-13-9-16(21-17(13)10-19-18(2,3)4)12-20(15-7-8-15)11-14-5-6-14/h9,14-15,19H,5-8,10-12H2,1-4H3. The van der Waals surface area contributed by atoms with Crippen LogP contribution in [0, 0.1) is 12.8 Å². The number of hydrogen-bond donors (Lipinski definition) is 1. The summed E-state index contributed by atoms with van der Waals surface area (Å²) in [4.78, 5) is 2.65. The number of hydrogen-bond acceptors (Lipinski definition) is 3. The highest BCUT2D eigenvalue weighted by Gasteiger charge is 2.34. The monoisotopic (exact) mass is 290 g/mol. The van der Waals surface area contributed by atoms with E-state index >= 15 is 0 Å². The first-order valence-electron chi connectivity index (χ1n) is 8.48. The third kappa shape index (κ3) is 4.58. The van der Waals surface area contributed by atoms with Crippen molar-refractivity contribution in [3.8, 4) is 0 Å². The number of aryl methyl sites for hydroxylation is 1. The van der Waals surface area contributed by atoms with Gasteiger partial charge in [0.25, 0.3) is 0 Å². The van der Waals surface area contributed by atoms with Gasteiger partial charge in [-0.05, 0) is 70.9 Å². The van der Waals surface area contributed by atoms with Crippen molar-refractivity contribution in [3.63, 3.8) is 0 Å². The largest absolute Gasteiger partial charge is 0.463 e. The molecule has 0 radical (unpaired) electrons. The van der Waals surface area contributed by atoms with Crippen LogP contribution in [0.4, 0.5) is 0 Å². The van der Waals surface area contributed by atoms with Crippen molar-refractivity contribution in [3.05, 3.63) is 23.2 Å². The van der Waals surface area contributed by atoms with Crippen molar-refractivity contribution in [1.29, 1.82) is 0 Å². The van der Waals surface area contributed by atoms with Crippen LogP contribution < -0.4 is 5.32 Å². The fourth-order valence-corrected chi connectivity index (χ4v) is 2.80. The van der Waals surface area contributed by atoms with Crippen molar-refractivity contribution in [2.24, 2.45) is 5.92 Å². The Morgan fingerprint density at radius 2 is 1.95 bits per heavy atom. The highest BCUT2D eigenvalue weighted by molar-refractivity contribution is 5.20. The van der Waals surface area contributed by atoms with E-state index in [1.807, 2.05) is 0 Å². The van der Waals surface area contributed by atoms with Crippen LogP contribution in [-0.2, 0) is 13.1 Å². The molecule has 1 N–H and O–H groups in total. The van der Waals surface area contributed by atoms with Crippen molar-refractivity contribution < 1.29 is 4.42 Å². The molecule has 21 heavy (non-hydrogen) atoms. The number of nitrogens with zero attached hydrogens (tertiary/aromatic N) is 1. The predicted octanol–water partition coefficient (Wildman–Crippen LogP) is 3.85. The summed E-state index contributed by atoms with van der Waals surface area (Å²) in [7, 11) is 0. The maximum absolute atomic E-state index is 6.12. The van der Waals surface area contributed by atoms with Gasteiger partial charge in [0.15, 0.2) is 0 Å². The van der Waals surface area contributed by atoms with Crippen LogP contribution in [-0.4, -0.2) is 23.0 Å². The summed E-state index contributed by atoms with van der Waals surface area (Å²) in [5, 5.41) is 3.52. The minimum Gasteiger partial charge on any atom is -0.463 e. The van der Waals surface area contributed by atoms with E-state index in [4.69, 9.17) is 4.42 Å². The van der Waals surface area contributed by atoms with Crippen LogP contribution in [0.5, 0.6) is 0 Å². The molecule has 2 saturated carbocycles. The lowest BCUT2D eigenvalue weighted by molar-refractivity contribution is 0.221. The molecule has 0 bridgehead atoms. The molecule has 1 aromatic rings. The maximum atomic E-state index is 6.12. The fourth-order valence-electron chi connectivity index (χ4n) is 2.80. The highest BCUT2D eigenvalue weighted by Crippen LogP contribution is 2.36. The smallest absolute Gasteiger partial charge is 0.120 e. The van der Waals surface area contributed by atoms with Crippen molar-refractivity contribution in [1.82, 2.24) is 10.2 Å². The predicted molar refractivity (Wildman–Crippen MR) is 86.2 cm³/mol. The second-order valence-electron chi connectivity index (χ2n) is 8.03. The Morgan fingerprint density at radius 3 is 2.52 bits per heavy atom. The minimum atomic E-state index is 0.130. The van der Waals surface area contributed by atoms with Gasteiger partial charge in [-0.2, -0.15) is 0 Å². The van der Waals surface area contributed by atoms with E-state index in [1.54, 1.807) is 0 Å². The minimum absolute atomic E-state index is 0.130. The molecule has 1 heterocycles. The van der Waals surface area contributed by atoms with Crippen LogP contribution in [0.2, 0.25) is 0 Å². The van der Waals surface area contributed by atoms with Gasteiger partial charge < -0.3 is 9.73 Å². The Hall–Kier alpha value is -0.800. The summed E-state index contributed by atoms with van der Waals surface area (Å²) in [5.41, 5.74) is 1.41. The Labute approximate surface area is 129 Å². The molecule has 0 atom stereocenters. The summed E-state index contributed by atoms with van der Waals surface area (Å²) in [5.74, 6) is 3.21. The average Bonchev–Trinajstić information content (AvgIpc) is 3.25. The van der Waals surface area contributed by atoms with Crippen molar-refractivity contribution in [2.75, 3.05) is 6.54 Å². The van der Waals surface area contributed by atoms with E-state index < -0.39 is 0 Å². The Bertz CT molecular complexity index is 478. The molecular formula is C18H30N2O. The zero-order chi connectivity index (χ0) is 15.0. The summed E-state index contributed by atoms with van der Waals surface area (Å²) >= 11 is 0. The molecule has 0 amide bonds. The Kier molecular flexibility index (Phi) is 4.15. The van der Waals surface area contributed by atoms with Gasteiger partial charge in [-0.15, -0.1) is 0 Å². The first kappa shape index (κ1) is 15.1. The van der Waals surface area contributed by atoms with E-state index in [0.29, 0.717) is 0 Å². The molecule has 2 aliphatic rings. The van der Waals surface area contributed by atoms with Crippen LogP contribution in [0.15, 0.2) is 10.5 Å². The van der Waals surface area contributed by atoms with E-state index in [1.165, 1.54) is 37.8 Å². The second-order valence-corrected chi connectivity index (χ2v) is 8.03. The summed E-state index contributed by atoms with van der Waals surface area (Å²) in [6.07, 6.45) is 5.62. The molecule has 0 aromatic carbocycles. The van der Waals surface area contributed by atoms with Crippen LogP contribution >= 0.6 is 0 Å². The van der Waals surface area contributed by atoms with E-state index in [0.717, 1.165) is 36.6 Å². The van der Waals surface area contributed by atoms with Crippen LogP contribution in [0.25, 0.3) is 0 Å². The molecule has 118 valence electrons. The van der Waals surface area contributed by atoms with Gasteiger partial charge in [0.2, 0.25) is 0 Å². The molecule has 2 aliphatic carbocycles. The van der Waals surface area contributed by atoms with Crippen LogP contribution in [0.3, 0.4) is 0 Å².